The zero-order chi connectivity index (χ0) is 12.0. The minimum Gasteiger partial charge on any atom is -0.345 e. The van der Waals surface area contributed by atoms with Crippen LogP contribution in [0.1, 0.15) is 26.2 Å². The number of carbonyl (C=O) groups is 1. The lowest BCUT2D eigenvalue weighted by molar-refractivity contribution is -0.131. The van der Waals surface area contributed by atoms with Crippen LogP contribution in [0.15, 0.2) is 0 Å². The molecule has 1 amide bonds. The molecular formula is C12H25N3O. The molecule has 0 bridgehead atoms. The van der Waals surface area contributed by atoms with E-state index in [1.54, 1.807) is 4.90 Å². The molecule has 0 aliphatic carbocycles. The molecule has 1 rings (SSSR count). The van der Waals surface area contributed by atoms with Crippen LogP contribution in [-0.2, 0) is 4.79 Å². The van der Waals surface area contributed by atoms with E-state index in [0.29, 0.717) is 12.6 Å². The Morgan fingerprint density at radius 3 is 2.88 bits per heavy atom. The molecule has 4 nitrogen and oxygen atoms in total. The SMILES string of the molecule is CCN(C)C(=O)CN1CCCCC1CNC. The van der Waals surface area contributed by atoms with Crippen molar-refractivity contribution in [2.75, 3.05) is 40.3 Å². The average molecular weight is 227 g/mol. The second kappa shape index (κ2) is 6.86. The van der Waals surface area contributed by atoms with Crippen molar-refractivity contribution < 1.29 is 4.79 Å². The number of likely N-dealkylation sites (N-methyl/N-ethyl adjacent to an activating group) is 2. The number of hydrogen-bond acceptors (Lipinski definition) is 3. The number of amides is 1. The Bertz CT molecular complexity index is 218. The maximum absolute atomic E-state index is 11.9. The quantitative estimate of drug-likeness (QED) is 0.744. The standard InChI is InChI=1S/C12H25N3O/c1-4-14(3)12(16)10-15-8-6-5-7-11(15)9-13-2/h11,13H,4-10H2,1-3H3. The molecule has 0 radical (unpaired) electrons. The highest BCUT2D eigenvalue weighted by atomic mass is 16.2. The summed E-state index contributed by atoms with van der Waals surface area (Å²) in [6.45, 7) is 5.44. The Balaban J connectivity index is 2.45. The summed E-state index contributed by atoms with van der Waals surface area (Å²) >= 11 is 0. The summed E-state index contributed by atoms with van der Waals surface area (Å²) in [7, 11) is 3.85. The van der Waals surface area contributed by atoms with Crippen molar-refractivity contribution >= 4 is 5.91 Å². The van der Waals surface area contributed by atoms with E-state index < -0.39 is 0 Å². The van der Waals surface area contributed by atoms with Crippen LogP contribution >= 0.6 is 0 Å². The zero-order valence-electron chi connectivity index (χ0n) is 10.8. The van der Waals surface area contributed by atoms with Gasteiger partial charge in [0, 0.05) is 26.2 Å². The smallest absolute Gasteiger partial charge is 0.236 e. The van der Waals surface area contributed by atoms with Gasteiger partial charge in [0.15, 0.2) is 0 Å². The number of hydrogen-bond donors (Lipinski definition) is 1. The van der Waals surface area contributed by atoms with Crippen LogP contribution in [0.5, 0.6) is 0 Å². The molecule has 4 heteroatoms. The van der Waals surface area contributed by atoms with Gasteiger partial charge in [-0.3, -0.25) is 9.69 Å². The molecule has 0 saturated carbocycles. The van der Waals surface area contributed by atoms with E-state index in [1.807, 2.05) is 21.0 Å². The van der Waals surface area contributed by atoms with Crippen LogP contribution in [-0.4, -0.2) is 62.0 Å². The Labute approximate surface area is 99.0 Å². The third kappa shape index (κ3) is 3.76. The lowest BCUT2D eigenvalue weighted by Crippen LogP contribution is -2.49. The number of carbonyl (C=O) groups excluding carboxylic acids is 1. The van der Waals surface area contributed by atoms with Gasteiger partial charge in [-0.1, -0.05) is 6.42 Å². The van der Waals surface area contributed by atoms with Gasteiger partial charge in [0.05, 0.1) is 6.54 Å². The molecule has 1 aliphatic rings. The Kier molecular flexibility index (Phi) is 5.77. The van der Waals surface area contributed by atoms with Gasteiger partial charge in [-0.15, -0.1) is 0 Å². The topological polar surface area (TPSA) is 35.6 Å². The number of nitrogens with one attached hydrogen (secondary N) is 1. The highest BCUT2D eigenvalue weighted by molar-refractivity contribution is 5.78. The number of likely N-dealkylation sites (tertiary alicyclic amines) is 1. The molecule has 1 N–H and O–H groups in total. The van der Waals surface area contributed by atoms with Crippen molar-refractivity contribution in [2.24, 2.45) is 0 Å². The van der Waals surface area contributed by atoms with Crippen molar-refractivity contribution in [1.29, 1.82) is 0 Å². The second-order valence-corrected chi connectivity index (χ2v) is 4.59. The predicted molar refractivity (Wildman–Crippen MR) is 66.4 cm³/mol. The van der Waals surface area contributed by atoms with Crippen molar-refractivity contribution in [3.05, 3.63) is 0 Å². The average Bonchev–Trinajstić information content (AvgIpc) is 2.31. The van der Waals surface area contributed by atoms with Gasteiger partial charge in [-0.05, 0) is 33.4 Å². The summed E-state index contributed by atoms with van der Waals surface area (Å²) in [4.78, 5) is 16.0. The molecule has 1 saturated heterocycles. The van der Waals surface area contributed by atoms with Crippen LogP contribution in [0.4, 0.5) is 0 Å². The maximum atomic E-state index is 11.9. The molecule has 1 atom stereocenters. The van der Waals surface area contributed by atoms with Gasteiger partial charge in [0.25, 0.3) is 0 Å². The second-order valence-electron chi connectivity index (χ2n) is 4.59. The van der Waals surface area contributed by atoms with Gasteiger partial charge in [-0.2, -0.15) is 0 Å². The summed E-state index contributed by atoms with van der Waals surface area (Å²) in [6.07, 6.45) is 3.73. The van der Waals surface area contributed by atoms with E-state index in [0.717, 1.165) is 19.6 Å². The minimum atomic E-state index is 0.241. The Morgan fingerprint density at radius 1 is 1.50 bits per heavy atom. The van der Waals surface area contributed by atoms with E-state index in [4.69, 9.17) is 0 Å². The normalized spacial score (nSPS) is 22.1. The van der Waals surface area contributed by atoms with E-state index in [1.165, 1.54) is 19.3 Å². The van der Waals surface area contributed by atoms with E-state index in [2.05, 4.69) is 10.2 Å². The molecule has 1 aliphatic heterocycles. The molecule has 16 heavy (non-hydrogen) atoms. The van der Waals surface area contributed by atoms with Crippen LogP contribution in [0.3, 0.4) is 0 Å². The number of nitrogens with zero attached hydrogens (tertiary/aromatic N) is 2. The van der Waals surface area contributed by atoms with Gasteiger partial charge in [0.1, 0.15) is 0 Å². The summed E-state index contributed by atoms with van der Waals surface area (Å²) in [6, 6.07) is 0.535. The third-order valence-electron chi connectivity index (χ3n) is 3.43. The monoisotopic (exact) mass is 227 g/mol. The fourth-order valence-corrected chi connectivity index (χ4v) is 2.21. The highest BCUT2D eigenvalue weighted by Crippen LogP contribution is 2.16. The van der Waals surface area contributed by atoms with Gasteiger partial charge in [0.2, 0.25) is 5.91 Å². The summed E-state index contributed by atoms with van der Waals surface area (Å²) in [5.41, 5.74) is 0. The molecular weight excluding hydrogens is 202 g/mol. The number of piperidine rings is 1. The molecule has 94 valence electrons. The molecule has 0 aromatic carbocycles. The largest absolute Gasteiger partial charge is 0.345 e. The van der Waals surface area contributed by atoms with E-state index >= 15 is 0 Å². The van der Waals surface area contributed by atoms with E-state index in [-0.39, 0.29) is 5.91 Å². The first-order valence-electron chi connectivity index (χ1n) is 6.31. The first-order valence-corrected chi connectivity index (χ1v) is 6.31. The third-order valence-corrected chi connectivity index (χ3v) is 3.43. The molecule has 0 aromatic rings. The minimum absolute atomic E-state index is 0.241. The van der Waals surface area contributed by atoms with E-state index in [9.17, 15) is 4.79 Å². The molecule has 0 aromatic heterocycles. The lowest BCUT2D eigenvalue weighted by atomic mass is 10.0. The van der Waals surface area contributed by atoms with Gasteiger partial charge < -0.3 is 10.2 Å². The van der Waals surface area contributed by atoms with Crippen LogP contribution in [0, 0.1) is 0 Å². The van der Waals surface area contributed by atoms with Crippen LogP contribution in [0.25, 0.3) is 0 Å². The fraction of sp³-hybridized carbons (Fsp3) is 0.917. The first-order chi connectivity index (χ1) is 7.69. The van der Waals surface area contributed by atoms with Crippen molar-refractivity contribution in [3.8, 4) is 0 Å². The molecule has 1 heterocycles. The predicted octanol–water partition coefficient (Wildman–Crippen LogP) is 0.539. The Morgan fingerprint density at radius 2 is 2.25 bits per heavy atom. The van der Waals surface area contributed by atoms with Gasteiger partial charge >= 0.3 is 0 Å². The van der Waals surface area contributed by atoms with Crippen LogP contribution < -0.4 is 5.32 Å². The summed E-state index contributed by atoms with van der Waals surface area (Å²) in [5.74, 6) is 0.241. The fourth-order valence-electron chi connectivity index (χ4n) is 2.21. The summed E-state index contributed by atoms with van der Waals surface area (Å²) in [5, 5.41) is 3.22. The molecule has 1 fully saturated rings. The Hall–Kier alpha value is -0.610. The summed E-state index contributed by atoms with van der Waals surface area (Å²) < 4.78 is 0. The zero-order valence-corrected chi connectivity index (χ0v) is 10.8. The van der Waals surface area contributed by atoms with Crippen molar-refractivity contribution in [1.82, 2.24) is 15.1 Å². The van der Waals surface area contributed by atoms with Crippen LogP contribution in [0.2, 0.25) is 0 Å². The number of rotatable bonds is 5. The van der Waals surface area contributed by atoms with Crippen molar-refractivity contribution in [3.63, 3.8) is 0 Å². The van der Waals surface area contributed by atoms with Gasteiger partial charge in [-0.25, -0.2) is 0 Å². The van der Waals surface area contributed by atoms with Crippen molar-refractivity contribution in [2.45, 2.75) is 32.2 Å². The molecule has 0 spiro atoms. The maximum Gasteiger partial charge on any atom is 0.236 e. The first kappa shape index (κ1) is 13.5. The molecule has 1 unspecified atom stereocenters. The highest BCUT2D eigenvalue weighted by Gasteiger charge is 2.24. The lowest BCUT2D eigenvalue weighted by Gasteiger charge is -2.35.